The highest BCUT2D eigenvalue weighted by molar-refractivity contribution is 5.87. The highest BCUT2D eigenvalue weighted by Crippen LogP contribution is 2.21. The molecule has 0 unspecified atom stereocenters. The van der Waals surface area contributed by atoms with Crippen LogP contribution in [0.5, 0.6) is 0 Å². The van der Waals surface area contributed by atoms with Gasteiger partial charge in [-0.15, -0.1) is 10.2 Å². The van der Waals surface area contributed by atoms with E-state index in [0.29, 0.717) is 17.0 Å². The van der Waals surface area contributed by atoms with Crippen LogP contribution in [0.1, 0.15) is 42.0 Å². The van der Waals surface area contributed by atoms with Crippen molar-refractivity contribution < 1.29 is 0 Å². The molecule has 1 aliphatic rings. The lowest BCUT2D eigenvalue weighted by Gasteiger charge is -2.05. The Hall–Kier alpha value is -2.92. The quantitative estimate of drug-likeness (QED) is 0.796. The zero-order valence-corrected chi connectivity index (χ0v) is 12.2. The molecule has 2 aromatic rings. The second kappa shape index (κ2) is 6.24. The molecule has 5 heteroatoms. The van der Waals surface area contributed by atoms with Gasteiger partial charge < -0.3 is 4.57 Å². The lowest BCUT2D eigenvalue weighted by Crippen LogP contribution is -2.05. The molecule has 0 radical (unpaired) electrons. The van der Waals surface area contributed by atoms with E-state index in [9.17, 15) is 5.26 Å². The molecule has 0 fully saturated rings. The van der Waals surface area contributed by atoms with Crippen molar-refractivity contribution in [1.82, 2.24) is 14.8 Å². The lowest BCUT2D eigenvalue weighted by atomic mass is 10.1. The van der Waals surface area contributed by atoms with Gasteiger partial charge in [0.05, 0.1) is 17.2 Å². The van der Waals surface area contributed by atoms with Gasteiger partial charge in [0.25, 0.3) is 0 Å². The van der Waals surface area contributed by atoms with Crippen molar-refractivity contribution in [2.45, 2.75) is 32.2 Å². The van der Waals surface area contributed by atoms with Crippen LogP contribution in [-0.2, 0) is 13.0 Å². The minimum absolute atomic E-state index is 0.505. The summed E-state index contributed by atoms with van der Waals surface area (Å²) in [5.74, 6) is 1.61. The Labute approximate surface area is 129 Å². The van der Waals surface area contributed by atoms with Crippen molar-refractivity contribution in [3.63, 3.8) is 0 Å². The fourth-order valence-electron chi connectivity index (χ4n) is 2.65. The van der Waals surface area contributed by atoms with Gasteiger partial charge in [-0.05, 0) is 36.6 Å². The molecular weight excluding hydrogens is 274 g/mol. The van der Waals surface area contributed by atoms with E-state index in [1.54, 1.807) is 18.2 Å². The summed E-state index contributed by atoms with van der Waals surface area (Å²) < 4.78 is 2.06. The third-order valence-electron chi connectivity index (χ3n) is 3.82. The third-order valence-corrected chi connectivity index (χ3v) is 3.82. The maximum absolute atomic E-state index is 9.48. The van der Waals surface area contributed by atoms with Crippen LogP contribution in [-0.4, -0.2) is 14.8 Å². The lowest BCUT2D eigenvalue weighted by molar-refractivity contribution is 0.627. The molecule has 1 aliphatic heterocycles. The molecule has 0 saturated carbocycles. The highest BCUT2D eigenvalue weighted by Gasteiger charge is 2.17. The summed E-state index contributed by atoms with van der Waals surface area (Å²) >= 11 is 0. The largest absolute Gasteiger partial charge is 0.310 e. The number of aryl methyl sites for hydroxylation is 1. The Balaban J connectivity index is 1.97. The maximum atomic E-state index is 9.48. The van der Waals surface area contributed by atoms with Gasteiger partial charge in [0.1, 0.15) is 11.9 Å². The van der Waals surface area contributed by atoms with E-state index in [2.05, 4.69) is 26.9 Å². The Morgan fingerprint density at radius 2 is 1.91 bits per heavy atom. The minimum atomic E-state index is 0.505. The first-order valence-electron chi connectivity index (χ1n) is 7.36. The van der Waals surface area contributed by atoms with E-state index in [1.165, 1.54) is 6.42 Å². The zero-order chi connectivity index (χ0) is 15.4. The summed E-state index contributed by atoms with van der Waals surface area (Å²) in [5.41, 5.74) is 1.99. The number of allylic oxidation sites excluding steroid dienone is 1. The predicted molar refractivity (Wildman–Crippen MR) is 82.2 cm³/mol. The van der Waals surface area contributed by atoms with Crippen LogP contribution >= 0.6 is 0 Å². The molecule has 0 spiro atoms. The van der Waals surface area contributed by atoms with E-state index in [4.69, 9.17) is 5.26 Å². The molecule has 0 atom stereocenters. The predicted octanol–water partition coefficient (Wildman–Crippen LogP) is 2.94. The number of benzene rings is 1. The monoisotopic (exact) mass is 289 g/mol. The van der Waals surface area contributed by atoms with Gasteiger partial charge in [-0.25, -0.2) is 0 Å². The molecule has 2 heterocycles. The number of fused-ring (bicyclic) bond motifs is 1. The molecule has 22 heavy (non-hydrogen) atoms. The van der Waals surface area contributed by atoms with E-state index in [1.807, 2.05) is 12.1 Å². The van der Waals surface area contributed by atoms with Crippen molar-refractivity contribution in [3.8, 4) is 12.1 Å². The van der Waals surface area contributed by atoms with Crippen LogP contribution < -0.4 is 0 Å². The Morgan fingerprint density at radius 3 is 2.64 bits per heavy atom. The topological polar surface area (TPSA) is 78.3 Å². The molecule has 1 aromatic heterocycles. The number of aromatic nitrogens is 3. The van der Waals surface area contributed by atoms with E-state index < -0.39 is 0 Å². The number of hydrogen-bond acceptors (Lipinski definition) is 4. The van der Waals surface area contributed by atoms with Crippen molar-refractivity contribution in [1.29, 1.82) is 10.5 Å². The van der Waals surface area contributed by atoms with E-state index in [0.717, 1.165) is 37.2 Å². The number of rotatable bonds is 2. The fourth-order valence-corrected chi connectivity index (χ4v) is 2.65. The first-order chi connectivity index (χ1) is 10.8. The van der Waals surface area contributed by atoms with Gasteiger partial charge in [0, 0.05) is 13.0 Å². The maximum Gasteiger partial charge on any atom is 0.174 e. The fraction of sp³-hybridized carbons (Fsp3) is 0.294. The Bertz CT molecular complexity index is 784. The van der Waals surface area contributed by atoms with Crippen molar-refractivity contribution in [3.05, 3.63) is 47.0 Å². The van der Waals surface area contributed by atoms with Gasteiger partial charge in [0.2, 0.25) is 0 Å². The number of nitriles is 2. The summed E-state index contributed by atoms with van der Waals surface area (Å²) in [6.07, 6.45) is 6.11. The van der Waals surface area contributed by atoms with Crippen LogP contribution in [0.2, 0.25) is 0 Å². The van der Waals surface area contributed by atoms with Crippen molar-refractivity contribution >= 4 is 11.6 Å². The number of nitrogens with zero attached hydrogens (tertiary/aromatic N) is 5. The molecule has 108 valence electrons. The highest BCUT2D eigenvalue weighted by atomic mass is 15.3. The first kappa shape index (κ1) is 14.0. The first-order valence-corrected chi connectivity index (χ1v) is 7.36. The summed E-state index contributed by atoms with van der Waals surface area (Å²) in [7, 11) is 0. The van der Waals surface area contributed by atoms with Gasteiger partial charge >= 0.3 is 0 Å². The molecule has 0 amide bonds. The average Bonchev–Trinajstić information content (AvgIpc) is 2.81. The van der Waals surface area contributed by atoms with E-state index >= 15 is 0 Å². The van der Waals surface area contributed by atoms with Gasteiger partial charge in [-0.3, -0.25) is 0 Å². The molecule has 1 aromatic carbocycles. The van der Waals surface area contributed by atoms with Crippen LogP contribution in [0.3, 0.4) is 0 Å². The Morgan fingerprint density at radius 1 is 1.09 bits per heavy atom. The number of hydrogen-bond donors (Lipinski definition) is 0. The standard InChI is InChI=1S/C17H15N5/c18-11-14-7-5-13(6-8-14)10-15(12-19)17-21-20-16-4-2-1-3-9-22(16)17/h5-8,10H,1-4,9H2/b15-10-. The van der Waals surface area contributed by atoms with Crippen molar-refractivity contribution in [2.24, 2.45) is 0 Å². The Kier molecular flexibility index (Phi) is 3.98. The van der Waals surface area contributed by atoms with Crippen LogP contribution in [0.15, 0.2) is 24.3 Å². The molecule has 0 N–H and O–H groups in total. The van der Waals surface area contributed by atoms with Gasteiger partial charge in [-0.1, -0.05) is 18.6 Å². The van der Waals surface area contributed by atoms with Crippen LogP contribution in [0.25, 0.3) is 11.6 Å². The van der Waals surface area contributed by atoms with Gasteiger partial charge in [0.15, 0.2) is 5.82 Å². The summed E-state index contributed by atoms with van der Waals surface area (Å²) in [5, 5.41) is 26.7. The zero-order valence-electron chi connectivity index (χ0n) is 12.2. The molecule has 5 nitrogen and oxygen atoms in total. The van der Waals surface area contributed by atoms with Crippen LogP contribution in [0.4, 0.5) is 0 Å². The summed E-state index contributed by atoms with van der Waals surface area (Å²) in [6.45, 7) is 0.865. The van der Waals surface area contributed by atoms with E-state index in [-0.39, 0.29) is 0 Å². The molecular formula is C17H15N5. The average molecular weight is 289 g/mol. The summed E-state index contributed by atoms with van der Waals surface area (Å²) in [6, 6.07) is 11.4. The molecule has 0 aliphatic carbocycles. The summed E-state index contributed by atoms with van der Waals surface area (Å²) in [4.78, 5) is 0. The third kappa shape index (κ3) is 2.75. The normalized spacial score (nSPS) is 14.5. The molecule has 3 rings (SSSR count). The molecule has 0 bridgehead atoms. The minimum Gasteiger partial charge on any atom is -0.310 e. The van der Waals surface area contributed by atoms with Crippen molar-refractivity contribution in [2.75, 3.05) is 0 Å². The second-order valence-electron chi connectivity index (χ2n) is 5.31. The molecule has 0 saturated heterocycles. The van der Waals surface area contributed by atoms with Crippen LogP contribution in [0, 0.1) is 22.7 Å². The second-order valence-corrected chi connectivity index (χ2v) is 5.31. The van der Waals surface area contributed by atoms with Gasteiger partial charge in [-0.2, -0.15) is 10.5 Å². The smallest absolute Gasteiger partial charge is 0.174 e. The SMILES string of the molecule is N#C/C(=C/c1ccc(C#N)cc1)c1nnc2n1CCCCC2.